The predicted molar refractivity (Wildman–Crippen MR) is 82.4 cm³/mol. The van der Waals surface area contributed by atoms with Gasteiger partial charge in [0.15, 0.2) is 0 Å². The van der Waals surface area contributed by atoms with E-state index in [1.165, 1.54) is 11.3 Å². The molecule has 0 unspecified atom stereocenters. The molecule has 0 atom stereocenters. The molecule has 0 aliphatic carbocycles. The second-order valence-corrected chi connectivity index (χ2v) is 5.93. The van der Waals surface area contributed by atoms with Gasteiger partial charge in [-0.25, -0.2) is 0 Å². The van der Waals surface area contributed by atoms with Gasteiger partial charge in [0.05, 0.1) is 12.0 Å². The number of methoxy groups -OCH3 is 1. The Morgan fingerprint density at radius 3 is 2.42 bits per heavy atom. The molecule has 1 aromatic carbocycles. The average Bonchev–Trinajstić information content (AvgIpc) is 2.84. The lowest BCUT2D eigenvalue weighted by Gasteiger charge is -2.08. The van der Waals surface area contributed by atoms with Crippen molar-refractivity contribution in [1.29, 1.82) is 0 Å². The van der Waals surface area contributed by atoms with E-state index >= 15 is 0 Å². The highest BCUT2D eigenvalue weighted by Gasteiger charge is 2.11. The molecular weight excluding hydrogens is 326 g/mol. The topological polar surface area (TPSA) is 38.3 Å². The molecule has 0 aliphatic heterocycles. The maximum Gasteiger partial charge on any atom is 0.265 e. The second-order valence-electron chi connectivity index (χ2n) is 4.23. The van der Waals surface area contributed by atoms with Crippen LogP contribution in [0.3, 0.4) is 0 Å². The number of aryl methyl sites for hydroxylation is 2. The van der Waals surface area contributed by atoms with Crippen LogP contribution >= 0.6 is 27.3 Å². The van der Waals surface area contributed by atoms with Crippen molar-refractivity contribution in [3.8, 4) is 5.75 Å². The Morgan fingerprint density at radius 1 is 1.26 bits per heavy atom. The predicted octanol–water partition coefficient (Wildman–Crippen LogP) is 4.39. The lowest BCUT2D eigenvalue weighted by Crippen LogP contribution is -2.10. The van der Waals surface area contributed by atoms with Crippen molar-refractivity contribution in [1.82, 2.24) is 0 Å². The molecule has 1 amide bonds. The van der Waals surface area contributed by atoms with E-state index in [1.807, 2.05) is 31.4 Å². The van der Waals surface area contributed by atoms with Crippen LogP contribution in [0.15, 0.2) is 28.1 Å². The first-order valence-corrected chi connectivity index (χ1v) is 7.39. The first-order valence-electron chi connectivity index (χ1n) is 5.72. The molecule has 1 N–H and O–H groups in total. The number of anilines is 1. The third-order valence-corrected chi connectivity index (χ3v) is 4.89. The van der Waals surface area contributed by atoms with Crippen molar-refractivity contribution < 1.29 is 9.53 Å². The lowest BCUT2D eigenvalue weighted by molar-refractivity contribution is 0.103. The molecule has 0 saturated heterocycles. The Morgan fingerprint density at radius 2 is 1.89 bits per heavy atom. The van der Waals surface area contributed by atoms with Gasteiger partial charge < -0.3 is 10.1 Å². The number of rotatable bonds is 3. The van der Waals surface area contributed by atoms with Crippen LogP contribution in [-0.2, 0) is 0 Å². The highest BCUT2D eigenvalue weighted by Crippen LogP contribution is 2.26. The van der Waals surface area contributed by atoms with E-state index in [2.05, 4.69) is 21.2 Å². The number of ether oxygens (including phenoxy) is 1. The summed E-state index contributed by atoms with van der Waals surface area (Å²) >= 11 is 4.88. The zero-order valence-electron chi connectivity index (χ0n) is 10.9. The summed E-state index contributed by atoms with van der Waals surface area (Å²) in [6, 6.07) is 5.62. The fraction of sp³-hybridized carbons (Fsp3) is 0.214. The summed E-state index contributed by atoms with van der Waals surface area (Å²) < 4.78 is 6.15. The molecule has 0 fully saturated rings. The molecule has 2 aromatic rings. The molecule has 0 spiro atoms. The summed E-state index contributed by atoms with van der Waals surface area (Å²) in [5.74, 6) is 0.590. The van der Waals surface area contributed by atoms with Crippen LogP contribution in [-0.4, -0.2) is 13.0 Å². The number of thiophene rings is 1. The number of carbonyl (C=O) groups is 1. The standard InChI is InChI=1S/C14H14BrNO2S/c1-8-4-10(5-9(2)13(8)15)16-14(17)12-6-11(18-3)7-19-12/h4-7H,1-3H3,(H,16,17). The number of halogens is 1. The minimum Gasteiger partial charge on any atom is -0.496 e. The van der Waals surface area contributed by atoms with Gasteiger partial charge in [-0.3, -0.25) is 4.79 Å². The number of carbonyl (C=O) groups excluding carboxylic acids is 1. The molecule has 0 radical (unpaired) electrons. The van der Waals surface area contributed by atoms with E-state index in [9.17, 15) is 4.79 Å². The van der Waals surface area contributed by atoms with Gasteiger partial charge in [0.1, 0.15) is 5.75 Å². The van der Waals surface area contributed by atoms with E-state index in [0.717, 1.165) is 21.3 Å². The van der Waals surface area contributed by atoms with E-state index < -0.39 is 0 Å². The largest absolute Gasteiger partial charge is 0.496 e. The van der Waals surface area contributed by atoms with Crippen LogP contribution in [0.5, 0.6) is 5.75 Å². The van der Waals surface area contributed by atoms with Gasteiger partial charge >= 0.3 is 0 Å². The average molecular weight is 340 g/mol. The summed E-state index contributed by atoms with van der Waals surface area (Å²) in [6.45, 7) is 4.00. The van der Waals surface area contributed by atoms with Crippen LogP contribution in [0.1, 0.15) is 20.8 Å². The number of hydrogen-bond donors (Lipinski definition) is 1. The van der Waals surface area contributed by atoms with Crippen LogP contribution in [0.2, 0.25) is 0 Å². The normalized spacial score (nSPS) is 10.3. The Hall–Kier alpha value is -1.33. The summed E-state index contributed by atoms with van der Waals surface area (Å²) in [4.78, 5) is 12.7. The van der Waals surface area contributed by atoms with E-state index in [-0.39, 0.29) is 5.91 Å². The minimum absolute atomic E-state index is 0.116. The molecule has 0 aliphatic rings. The highest BCUT2D eigenvalue weighted by atomic mass is 79.9. The Bertz CT molecular complexity index is 599. The van der Waals surface area contributed by atoms with E-state index in [4.69, 9.17) is 4.74 Å². The molecule has 2 rings (SSSR count). The molecule has 0 bridgehead atoms. The Kier molecular flexibility index (Phi) is 4.27. The van der Waals surface area contributed by atoms with Gasteiger partial charge in [-0.2, -0.15) is 0 Å². The van der Waals surface area contributed by atoms with Crippen LogP contribution in [0.25, 0.3) is 0 Å². The molecular formula is C14H14BrNO2S. The molecule has 1 aromatic heterocycles. The fourth-order valence-electron chi connectivity index (χ4n) is 1.76. The molecule has 3 nitrogen and oxygen atoms in total. The SMILES string of the molecule is COc1csc(C(=O)Nc2cc(C)c(Br)c(C)c2)c1. The first-order chi connectivity index (χ1) is 9.01. The lowest BCUT2D eigenvalue weighted by atomic mass is 10.1. The summed E-state index contributed by atoms with van der Waals surface area (Å²) in [5, 5.41) is 4.71. The Labute approximate surface area is 124 Å². The summed E-state index contributed by atoms with van der Waals surface area (Å²) in [7, 11) is 1.59. The first kappa shape index (κ1) is 14.1. The number of amides is 1. The number of benzene rings is 1. The molecule has 19 heavy (non-hydrogen) atoms. The molecule has 0 saturated carbocycles. The molecule has 1 heterocycles. The van der Waals surface area contributed by atoms with Crippen molar-refractivity contribution in [3.05, 3.63) is 44.1 Å². The minimum atomic E-state index is -0.116. The fourth-order valence-corrected chi connectivity index (χ4v) is 2.73. The third kappa shape index (κ3) is 3.16. The van der Waals surface area contributed by atoms with Crippen molar-refractivity contribution in [2.24, 2.45) is 0 Å². The van der Waals surface area contributed by atoms with Crippen molar-refractivity contribution >= 4 is 38.9 Å². The maximum absolute atomic E-state index is 12.1. The van der Waals surface area contributed by atoms with Gasteiger partial charge in [-0.15, -0.1) is 11.3 Å². The molecule has 5 heteroatoms. The van der Waals surface area contributed by atoms with Gasteiger partial charge in [0.2, 0.25) is 0 Å². The van der Waals surface area contributed by atoms with Crippen molar-refractivity contribution in [2.75, 3.05) is 12.4 Å². The van der Waals surface area contributed by atoms with Crippen molar-refractivity contribution in [3.63, 3.8) is 0 Å². The molecule has 100 valence electrons. The van der Waals surface area contributed by atoms with Crippen molar-refractivity contribution in [2.45, 2.75) is 13.8 Å². The van der Waals surface area contributed by atoms with Crippen LogP contribution < -0.4 is 10.1 Å². The summed E-state index contributed by atoms with van der Waals surface area (Å²) in [6.07, 6.45) is 0. The van der Waals surface area contributed by atoms with Gasteiger partial charge in [0, 0.05) is 21.6 Å². The van der Waals surface area contributed by atoms with Crippen LogP contribution in [0.4, 0.5) is 5.69 Å². The second kappa shape index (κ2) is 5.75. The highest BCUT2D eigenvalue weighted by molar-refractivity contribution is 9.10. The zero-order valence-corrected chi connectivity index (χ0v) is 13.3. The van der Waals surface area contributed by atoms with E-state index in [0.29, 0.717) is 10.6 Å². The van der Waals surface area contributed by atoms with Gasteiger partial charge in [-0.1, -0.05) is 15.9 Å². The zero-order chi connectivity index (χ0) is 14.0. The van der Waals surface area contributed by atoms with Gasteiger partial charge in [0.25, 0.3) is 5.91 Å². The van der Waals surface area contributed by atoms with Gasteiger partial charge in [-0.05, 0) is 37.1 Å². The number of hydrogen-bond acceptors (Lipinski definition) is 3. The smallest absolute Gasteiger partial charge is 0.265 e. The number of nitrogens with one attached hydrogen (secondary N) is 1. The maximum atomic E-state index is 12.1. The Balaban J connectivity index is 2.19. The monoisotopic (exact) mass is 339 g/mol. The quantitative estimate of drug-likeness (QED) is 0.900. The van der Waals surface area contributed by atoms with Crippen LogP contribution in [0, 0.1) is 13.8 Å². The van der Waals surface area contributed by atoms with E-state index in [1.54, 1.807) is 13.2 Å². The summed E-state index contributed by atoms with van der Waals surface area (Å²) in [5.41, 5.74) is 2.99. The third-order valence-electron chi connectivity index (χ3n) is 2.73.